The zero-order valence-electron chi connectivity index (χ0n) is 23.3. The number of morpholine rings is 1. The fourth-order valence-corrected chi connectivity index (χ4v) is 5.37. The van der Waals surface area contributed by atoms with Gasteiger partial charge in [-0.15, -0.1) is 0 Å². The lowest BCUT2D eigenvalue weighted by Crippen LogP contribution is -2.47. The first-order chi connectivity index (χ1) is 20.5. The summed E-state index contributed by atoms with van der Waals surface area (Å²) in [6.07, 6.45) is 1.15. The summed E-state index contributed by atoms with van der Waals surface area (Å²) in [5.41, 5.74) is 1.76. The van der Waals surface area contributed by atoms with Gasteiger partial charge in [0.1, 0.15) is 11.6 Å². The number of piperazine rings is 1. The predicted octanol–water partition coefficient (Wildman–Crippen LogP) is 3.13. The molecule has 0 spiro atoms. The summed E-state index contributed by atoms with van der Waals surface area (Å²) in [5, 5.41) is 8.54. The molecule has 2 fully saturated rings. The smallest absolute Gasteiger partial charge is 0.324 e. The van der Waals surface area contributed by atoms with Crippen LogP contribution in [0.3, 0.4) is 0 Å². The maximum Gasteiger partial charge on any atom is 0.324 e. The van der Waals surface area contributed by atoms with Gasteiger partial charge in [-0.3, -0.25) is 14.6 Å². The Balaban J connectivity index is 1.07. The van der Waals surface area contributed by atoms with E-state index in [4.69, 9.17) is 9.26 Å². The first-order valence-corrected chi connectivity index (χ1v) is 14.3. The third kappa shape index (κ3) is 6.89. The van der Waals surface area contributed by atoms with E-state index in [-0.39, 0.29) is 17.7 Å². The van der Waals surface area contributed by atoms with E-state index >= 15 is 0 Å². The molecule has 0 saturated carbocycles. The number of anilines is 1. The predicted molar refractivity (Wildman–Crippen MR) is 153 cm³/mol. The monoisotopic (exact) mass is 577 g/mol. The molecule has 2 aromatic heterocycles. The van der Waals surface area contributed by atoms with Gasteiger partial charge in [-0.25, -0.2) is 13.5 Å². The second-order valence-corrected chi connectivity index (χ2v) is 10.6. The lowest BCUT2D eigenvalue weighted by atomic mass is 10.1. The van der Waals surface area contributed by atoms with Crippen molar-refractivity contribution in [1.82, 2.24) is 29.7 Å². The summed E-state index contributed by atoms with van der Waals surface area (Å²) < 4.78 is 39.7. The van der Waals surface area contributed by atoms with Crippen molar-refractivity contribution in [3.63, 3.8) is 0 Å². The summed E-state index contributed by atoms with van der Waals surface area (Å²) in [6.45, 7) is 9.60. The van der Waals surface area contributed by atoms with E-state index in [0.29, 0.717) is 17.5 Å². The highest BCUT2D eigenvalue weighted by molar-refractivity contribution is 5.59. The maximum absolute atomic E-state index is 13.7. The first-order valence-electron chi connectivity index (χ1n) is 14.3. The highest BCUT2D eigenvalue weighted by Gasteiger charge is 2.22. The van der Waals surface area contributed by atoms with Gasteiger partial charge >= 0.3 is 6.01 Å². The summed E-state index contributed by atoms with van der Waals surface area (Å²) in [7, 11) is 0. The van der Waals surface area contributed by atoms with Gasteiger partial charge in [-0.05, 0) is 49.3 Å². The molecule has 220 valence electrons. The third-order valence-corrected chi connectivity index (χ3v) is 7.65. The highest BCUT2D eigenvalue weighted by Crippen LogP contribution is 2.23. The molecule has 2 aliphatic rings. The van der Waals surface area contributed by atoms with E-state index in [0.717, 1.165) is 89.2 Å². The van der Waals surface area contributed by atoms with Gasteiger partial charge in [0.2, 0.25) is 5.82 Å². The molecule has 0 atom stereocenters. The largest absolute Gasteiger partial charge is 0.379 e. The number of halogens is 2. The lowest BCUT2D eigenvalue weighted by molar-refractivity contribution is 0.0360. The van der Waals surface area contributed by atoms with Crippen molar-refractivity contribution in [2.75, 3.05) is 70.5 Å². The molecule has 4 aromatic rings. The fourth-order valence-electron chi connectivity index (χ4n) is 5.37. The Kier molecular flexibility index (Phi) is 8.63. The molecule has 2 aromatic carbocycles. The number of benzene rings is 2. The third-order valence-electron chi connectivity index (χ3n) is 7.65. The van der Waals surface area contributed by atoms with Crippen molar-refractivity contribution in [3.05, 3.63) is 82.1 Å². The average Bonchev–Trinajstić information content (AvgIpc) is 3.50. The average molecular weight is 578 g/mol. The van der Waals surface area contributed by atoms with Crippen LogP contribution in [0.1, 0.15) is 12.0 Å². The van der Waals surface area contributed by atoms with Crippen LogP contribution in [0.2, 0.25) is 0 Å². The minimum atomic E-state index is -0.710. The number of nitrogens with zero attached hydrogens (tertiary/aromatic N) is 7. The molecule has 0 bridgehead atoms. The van der Waals surface area contributed by atoms with E-state index in [2.05, 4.69) is 29.9 Å². The molecule has 0 unspecified atom stereocenters. The standard InChI is InChI=1S/C30H33F2N7O3/c31-25-18-24(19-26(32)20-25)27-5-6-28(40)39(34-27)21-22-3-1-4-23(17-22)29-33-30(42-35-29)38-11-9-36(10-12-38)7-2-8-37-13-15-41-16-14-37/h1,3-6,17-20H,2,7-16,21H2. The molecule has 0 N–H and O–H groups in total. The minimum Gasteiger partial charge on any atom is -0.379 e. The normalized spacial score (nSPS) is 16.7. The number of ether oxygens (including phenoxy) is 1. The Hall–Kier alpha value is -4.00. The molecule has 12 heteroatoms. The van der Waals surface area contributed by atoms with E-state index in [9.17, 15) is 13.6 Å². The van der Waals surface area contributed by atoms with Crippen molar-refractivity contribution >= 4 is 6.01 Å². The number of rotatable bonds is 9. The van der Waals surface area contributed by atoms with Crippen LogP contribution >= 0.6 is 0 Å². The Morgan fingerprint density at radius 2 is 1.55 bits per heavy atom. The van der Waals surface area contributed by atoms with Gasteiger partial charge in [-0.1, -0.05) is 23.4 Å². The lowest BCUT2D eigenvalue weighted by Gasteiger charge is -2.34. The summed E-state index contributed by atoms with van der Waals surface area (Å²) in [4.78, 5) is 24.2. The van der Waals surface area contributed by atoms with E-state index in [1.54, 1.807) is 0 Å². The maximum atomic E-state index is 13.7. The molecular formula is C30H33F2N7O3. The number of hydrogen-bond donors (Lipinski definition) is 0. The summed E-state index contributed by atoms with van der Waals surface area (Å²) in [5.74, 6) is -0.958. The second kappa shape index (κ2) is 12.9. The van der Waals surface area contributed by atoms with Gasteiger partial charge in [0.25, 0.3) is 5.56 Å². The number of aromatic nitrogens is 4. The zero-order valence-corrected chi connectivity index (χ0v) is 23.3. The van der Waals surface area contributed by atoms with Crippen LogP contribution < -0.4 is 10.5 Å². The SMILES string of the molecule is O=c1ccc(-c2cc(F)cc(F)c2)nn1Cc1cccc(-c2noc(N3CCN(CCCN4CCOCC4)CC3)n2)c1. The van der Waals surface area contributed by atoms with Gasteiger partial charge in [0.05, 0.1) is 25.5 Å². The number of hydrogen-bond acceptors (Lipinski definition) is 9. The van der Waals surface area contributed by atoms with Crippen molar-refractivity contribution in [1.29, 1.82) is 0 Å². The molecule has 0 aliphatic carbocycles. The van der Waals surface area contributed by atoms with Gasteiger partial charge in [0.15, 0.2) is 0 Å². The Bertz CT molecular complexity index is 1540. The van der Waals surface area contributed by atoms with E-state index < -0.39 is 11.6 Å². The summed E-state index contributed by atoms with van der Waals surface area (Å²) >= 11 is 0. The molecule has 2 aliphatic heterocycles. The Labute approximate surface area is 242 Å². The minimum absolute atomic E-state index is 0.163. The van der Waals surface area contributed by atoms with Crippen LogP contribution in [0, 0.1) is 11.6 Å². The van der Waals surface area contributed by atoms with Gasteiger partial charge in [0, 0.05) is 62.5 Å². The molecule has 42 heavy (non-hydrogen) atoms. The van der Waals surface area contributed by atoms with Crippen LogP contribution in [0.4, 0.5) is 14.8 Å². The van der Waals surface area contributed by atoms with Gasteiger partial charge in [-0.2, -0.15) is 10.1 Å². The van der Waals surface area contributed by atoms with Crippen molar-refractivity contribution in [3.8, 4) is 22.6 Å². The quantitative estimate of drug-likeness (QED) is 0.298. The topological polar surface area (TPSA) is 92.8 Å². The molecule has 2 saturated heterocycles. The van der Waals surface area contributed by atoms with Crippen LogP contribution in [0.5, 0.6) is 0 Å². The van der Waals surface area contributed by atoms with Crippen molar-refractivity contribution in [2.24, 2.45) is 0 Å². The van der Waals surface area contributed by atoms with Crippen molar-refractivity contribution < 1.29 is 18.0 Å². The fraction of sp³-hybridized carbons (Fsp3) is 0.400. The van der Waals surface area contributed by atoms with E-state index in [1.165, 1.54) is 28.9 Å². The molecule has 0 amide bonds. The van der Waals surface area contributed by atoms with Crippen molar-refractivity contribution in [2.45, 2.75) is 13.0 Å². The molecule has 10 nitrogen and oxygen atoms in total. The van der Waals surface area contributed by atoms with Gasteiger partial charge < -0.3 is 14.2 Å². The Morgan fingerprint density at radius 3 is 2.31 bits per heavy atom. The van der Waals surface area contributed by atoms with Crippen LogP contribution in [-0.4, -0.2) is 95.3 Å². The Morgan fingerprint density at radius 1 is 0.810 bits per heavy atom. The first kappa shape index (κ1) is 28.1. The second-order valence-electron chi connectivity index (χ2n) is 10.6. The van der Waals surface area contributed by atoms with Crippen LogP contribution in [-0.2, 0) is 11.3 Å². The molecule has 4 heterocycles. The van der Waals surface area contributed by atoms with Crippen LogP contribution in [0.25, 0.3) is 22.6 Å². The van der Waals surface area contributed by atoms with E-state index in [1.807, 2.05) is 24.3 Å². The molecular weight excluding hydrogens is 544 g/mol. The van der Waals surface area contributed by atoms with Crippen LogP contribution in [0.15, 0.2) is 63.9 Å². The zero-order chi connectivity index (χ0) is 28.9. The summed E-state index contributed by atoms with van der Waals surface area (Å²) in [6, 6.07) is 13.9. The highest BCUT2D eigenvalue weighted by atomic mass is 19.1. The molecule has 0 radical (unpaired) electrons. The molecule has 6 rings (SSSR count).